The SMILES string of the molecule is Cc1ccccc1Cn1cnc(NS(=O)(=O)c2cnn(C)c2)n1. The number of aromatic nitrogens is 5. The standard InChI is InChI=1S/C14H16N6O2S/c1-11-5-3-4-6-12(11)8-20-10-15-14(17-20)18-23(21,22)13-7-16-19(2)9-13/h3-7,9-10H,8H2,1-2H3,(H,17,18). The van der Waals surface area contributed by atoms with Crippen LogP contribution in [-0.4, -0.2) is 33.0 Å². The van der Waals surface area contributed by atoms with Gasteiger partial charge in [0.05, 0.1) is 12.7 Å². The molecule has 0 bridgehead atoms. The van der Waals surface area contributed by atoms with Crippen LogP contribution in [0.25, 0.3) is 0 Å². The maximum absolute atomic E-state index is 12.2. The van der Waals surface area contributed by atoms with E-state index < -0.39 is 10.0 Å². The lowest BCUT2D eigenvalue weighted by atomic mass is 10.1. The zero-order valence-corrected chi connectivity index (χ0v) is 13.5. The molecule has 0 saturated heterocycles. The Morgan fingerprint density at radius 2 is 2.04 bits per heavy atom. The van der Waals surface area contributed by atoms with Crippen LogP contribution in [0.3, 0.4) is 0 Å². The molecule has 0 unspecified atom stereocenters. The molecule has 0 saturated carbocycles. The van der Waals surface area contributed by atoms with Crippen molar-refractivity contribution in [3.8, 4) is 0 Å². The molecule has 1 N–H and O–H groups in total. The summed E-state index contributed by atoms with van der Waals surface area (Å²) >= 11 is 0. The van der Waals surface area contributed by atoms with Gasteiger partial charge in [0.25, 0.3) is 16.0 Å². The summed E-state index contributed by atoms with van der Waals surface area (Å²) in [6.45, 7) is 2.53. The summed E-state index contributed by atoms with van der Waals surface area (Å²) in [7, 11) is -2.08. The first-order valence-corrected chi connectivity index (χ1v) is 8.38. The van der Waals surface area contributed by atoms with Gasteiger partial charge in [0, 0.05) is 13.2 Å². The predicted molar refractivity (Wildman–Crippen MR) is 84.3 cm³/mol. The third-order valence-electron chi connectivity index (χ3n) is 3.35. The van der Waals surface area contributed by atoms with Crippen molar-refractivity contribution in [1.82, 2.24) is 24.5 Å². The number of sulfonamides is 1. The molecule has 0 spiro atoms. The third kappa shape index (κ3) is 3.39. The molecule has 0 aliphatic rings. The van der Waals surface area contributed by atoms with Crippen molar-refractivity contribution in [3.05, 3.63) is 54.1 Å². The second kappa shape index (κ2) is 5.84. The molecule has 8 nitrogen and oxygen atoms in total. The van der Waals surface area contributed by atoms with Crippen LogP contribution in [0.1, 0.15) is 11.1 Å². The van der Waals surface area contributed by atoms with Crippen LogP contribution in [-0.2, 0) is 23.6 Å². The van der Waals surface area contributed by atoms with Crippen LogP contribution in [0, 0.1) is 6.92 Å². The Morgan fingerprint density at radius 3 is 2.74 bits per heavy atom. The average Bonchev–Trinajstić information content (AvgIpc) is 3.11. The molecule has 2 heterocycles. The summed E-state index contributed by atoms with van der Waals surface area (Å²) in [4.78, 5) is 4.06. The van der Waals surface area contributed by atoms with E-state index in [0.29, 0.717) is 6.54 Å². The minimum absolute atomic E-state index is 0.0300. The number of benzene rings is 1. The zero-order chi connectivity index (χ0) is 16.4. The van der Waals surface area contributed by atoms with Gasteiger partial charge in [0.2, 0.25) is 0 Å². The highest BCUT2D eigenvalue weighted by Crippen LogP contribution is 2.13. The normalized spacial score (nSPS) is 11.6. The quantitative estimate of drug-likeness (QED) is 0.757. The number of anilines is 1. The van der Waals surface area contributed by atoms with Gasteiger partial charge >= 0.3 is 0 Å². The van der Waals surface area contributed by atoms with Crippen LogP contribution < -0.4 is 4.72 Å². The average molecular weight is 332 g/mol. The van der Waals surface area contributed by atoms with Gasteiger partial charge in [0.15, 0.2) is 0 Å². The second-order valence-electron chi connectivity index (χ2n) is 5.15. The molecule has 1 aromatic carbocycles. The van der Waals surface area contributed by atoms with Crippen molar-refractivity contribution < 1.29 is 8.42 Å². The maximum Gasteiger partial charge on any atom is 0.267 e. The Kier molecular flexibility index (Phi) is 3.87. The van der Waals surface area contributed by atoms with E-state index >= 15 is 0 Å². The lowest BCUT2D eigenvalue weighted by Gasteiger charge is -2.04. The van der Waals surface area contributed by atoms with E-state index in [1.807, 2.05) is 31.2 Å². The zero-order valence-electron chi connectivity index (χ0n) is 12.7. The Morgan fingerprint density at radius 1 is 1.26 bits per heavy atom. The van der Waals surface area contributed by atoms with Gasteiger partial charge in [-0.2, -0.15) is 10.1 Å². The van der Waals surface area contributed by atoms with Crippen LogP contribution >= 0.6 is 0 Å². The molecular weight excluding hydrogens is 316 g/mol. The number of nitrogens with one attached hydrogen (secondary N) is 1. The summed E-state index contributed by atoms with van der Waals surface area (Å²) in [5.74, 6) is 0.0300. The van der Waals surface area contributed by atoms with Crippen LogP contribution in [0.4, 0.5) is 5.95 Å². The third-order valence-corrected chi connectivity index (χ3v) is 4.63. The molecule has 0 atom stereocenters. The number of rotatable bonds is 5. The summed E-state index contributed by atoms with van der Waals surface area (Å²) < 4.78 is 29.7. The van der Waals surface area contributed by atoms with Crippen molar-refractivity contribution in [3.63, 3.8) is 0 Å². The lowest BCUT2D eigenvalue weighted by Crippen LogP contribution is -2.14. The summed E-state index contributed by atoms with van der Waals surface area (Å²) in [6.07, 6.45) is 4.17. The molecule has 0 amide bonds. The van der Waals surface area contributed by atoms with Crippen molar-refractivity contribution in [1.29, 1.82) is 0 Å². The van der Waals surface area contributed by atoms with Crippen LogP contribution in [0.2, 0.25) is 0 Å². The van der Waals surface area contributed by atoms with E-state index in [1.165, 1.54) is 23.4 Å². The molecule has 0 aliphatic heterocycles. The van der Waals surface area contributed by atoms with Crippen LogP contribution in [0.15, 0.2) is 47.9 Å². The molecule has 3 aromatic rings. The Hall–Kier alpha value is -2.68. The van der Waals surface area contributed by atoms with Crippen LogP contribution in [0.5, 0.6) is 0 Å². The number of hydrogen-bond acceptors (Lipinski definition) is 5. The van der Waals surface area contributed by atoms with Gasteiger partial charge in [-0.05, 0) is 18.1 Å². The van der Waals surface area contributed by atoms with Gasteiger partial charge in [-0.3, -0.25) is 4.68 Å². The number of hydrogen-bond donors (Lipinski definition) is 1. The minimum Gasteiger partial charge on any atom is -0.274 e. The first kappa shape index (κ1) is 15.2. The van der Waals surface area contributed by atoms with E-state index in [2.05, 4.69) is 19.9 Å². The van der Waals surface area contributed by atoms with Crippen molar-refractivity contribution in [2.75, 3.05) is 4.72 Å². The molecule has 0 aliphatic carbocycles. The summed E-state index contributed by atoms with van der Waals surface area (Å²) in [6, 6.07) is 7.92. The van der Waals surface area contributed by atoms with E-state index in [4.69, 9.17) is 0 Å². The smallest absolute Gasteiger partial charge is 0.267 e. The van der Waals surface area contributed by atoms with Gasteiger partial charge in [0.1, 0.15) is 11.2 Å². The molecule has 2 aromatic heterocycles. The maximum atomic E-state index is 12.2. The Bertz CT molecular complexity index is 928. The Balaban J connectivity index is 1.76. The van der Waals surface area contributed by atoms with E-state index in [0.717, 1.165) is 11.1 Å². The monoisotopic (exact) mass is 332 g/mol. The number of aryl methyl sites for hydroxylation is 2. The van der Waals surface area contributed by atoms with Gasteiger partial charge in [-0.25, -0.2) is 17.8 Å². The fourth-order valence-electron chi connectivity index (χ4n) is 2.10. The molecule has 0 fully saturated rings. The first-order valence-electron chi connectivity index (χ1n) is 6.89. The second-order valence-corrected chi connectivity index (χ2v) is 6.83. The highest BCUT2D eigenvalue weighted by molar-refractivity contribution is 7.92. The molecule has 3 rings (SSSR count). The highest BCUT2D eigenvalue weighted by atomic mass is 32.2. The Labute approximate surface area is 133 Å². The topological polar surface area (TPSA) is 94.7 Å². The molecule has 0 radical (unpaired) electrons. The predicted octanol–water partition coefficient (Wildman–Crippen LogP) is 1.17. The molecular formula is C14H16N6O2S. The lowest BCUT2D eigenvalue weighted by molar-refractivity contribution is 0.600. The summed E-state index contributed by atoms with van der Waals surface area (Å²) in [5.41, 5.74) is 2.24. The van der Waals surface area contributed by atoms with E-state index in [-0.39, 0.29) is 10.8 Å². The largest absolute Gasteiger partial charge is 0.274 e. The van der Waals surface area contributed by atoms with Gasteiger partial charge in [-0.1, -0.05) is 24.3 Å². The van der Waals surface area contributed by atoms with E-state index in [1.54, 1.807) is 11.7 Å². The first-order chi connectivity index (χ1) is 10.9. The highest BCUT2D eigenvalue weighted by Gasteiger charge is 2.18. The fourth-order valence-corrected chi connectivity index (χ4v) is 3.03. The molecule has 9 heteroatoms. The molecule has 120 valence electrons. The van der Waals surface area contributed by atoms with Crippen molar-refractivity contribution >= 4 is 16.0 Å². The number of nitrogens with zero attached hydrogens (tertiary/aromatic N) is 5. The summed E-state index contributed by atoms with van der Waals surface area (Å²) in [5, 5.41) is 8.00. The van der Waals surface area contributed by atoms with Gasteiger partial charge in [-0.15, -0.1) is 5.10 Å². The minimum atomic E-state index is -3.73. The van der Waals surface area contributed by atoms with Gasteiger partial charge < -0.3 is 0 Å². The van der Waals surface area contributed by atoms with Crippen molar-refractivity contribution in [2.45, 2.75) is 18.4 Å². The molecule has 23 heavy (non-hydrogen) atoms. The van der Waals surface area contributed by atoms with Crippen molar-refractivity contribution in [2.24, 2.45) is 7.05 Å². The van der Waals surface area contributed by atoms with E-state index in [9.17, 15) is 8.42 Å². The fraction of sp³-hybridized carbons (Fsp3) is 0.214.